The van der Waals surface area contributed by atoms with E-state index in [1.54, 1.807) is 12.1 Å². The number of hydrogen-bond donors (Lipinski definition) is 1. The third-order valence-corrected chi connectivity index (χ3v) is 3.33. The Morgan fingerprint density at radius 1 is 0.762 bits per heavy atom. The molecule has 4 heteroatoms. The molecule has 2 rings (SSSR count). The summed E-state index contributed by atoms with van der Waals surface area (Å²) in [5.41, 5.74) is 1.22. The molecule has 0 aliphatic heterocycles. The minimum atomic E-state index is -4.47. The van der Waals surface area contributed by atoms with Crippen LogP contribution in [0.4, 0.5) is 13.2 Å². The Morgan fingerprint density at radius 3 is 1.81 bits per heavy atom. The average molecular weight is 294 g/mol. The quantitative estimate of drug-likeness (QED) is 0.749. The molecule has 1 N–H and O–H groups in total. The second kappa shape index (κ2) is 5.10. The lowest BCUT2D eigenvalue weighted by atomic mass is 9.86. The lowest BCUT2D eigenvalue weighted by Gasteiger charge is -2.19. The Morgan fingerprint density at radius 2 is 1.33 bits per heavy atom. The van der Waals surface area contributed by atoms with Gasteiger partial charge in [0, 0.05) is 0 Å². The van der Waals surface area contributed by atoms with Gasteiger partial charge in [0.15, 0.2) is 0 Å². The Balaban J connectivity index is 2.45. The number of halogens is 3. The van der Waals surface area contributed by atoms with Crippen molar-refractivity contribution in [1.29, 1.82) is 0 Å². The molecule has 112 valence electrons. The van der Waals surface area contributed by atoms with Gasteiger partial charge in [-0.2, -0.15) is 13.2 Å². The molecule has 0 unspecified atom stereocenters. The summed E-state index contributed by atoms with van der Waals surface area (Å²) >= 11 is 0. The first-order valence-corrected chi connectivity index (χ1v) is 6.59. The van der Waals surface area contributed by atoms with Gasteiger partial charge in [0.1, 0.15) is 5.75 Å². The number of hydrogen-bond acceptors (Lipinski definition) is 1. The van der Waals surface area contributed by atoms with Crippen LogP contribution in [-0.4, -0.2) is 5.11 Å². The molecule has 0 amide bonds. The van der Waals surface area contributed by atoms with E-state index >= 15 is 0 Å². The van der Waals surface area contributed by atoms with Crippen LogP contribution in [0.25, 0.3) is 11.1 Å². The Bertz CT molecular complexity index is 635. The van der Waals surface area contributed by atoms with Crippen molar-refractivity contribution in [1.82, 2.24) is 0 Å². The first kappa shape index (κ1) is 15.4. The normalized spacial score (nSPS) is 12.5. The SMILES string of the molecule is CC(C)(C)c1ccc(-c2cc(O)cc(C(F)(F)F)c2)cc1. The molecule has 0 atom stereocenters. The zero-order chi connectivity index (χ0) is 15.8. The summed E-state index contributed by atoms with van der Waals surface area (Å²) in [5, 5.41) is 9.50. The highest BCUT2D eigenvalue weighted by molar-refractivity contribution is 5.66. The summed E-state index contributed by atoms with van der Waals surface area (Å²) in [6.45, 7) is 6.20. The van der Waals surface area contributed by atoms with Crippen molar-refractivity contribution >= 4 is 0 Å². The topological polar surface area (TPSA) is 20.2 Å². The Kier molecular flexibility index (Phi) is 3.74. The highest BCUT2D eigenvalue weighted by Gasteiger charge is 2.31. The van der Waals surface area contributed by atoms with Gasteiger partial charge in [-0.15, -0.1) is 0 Å². The van der Waals surface area contributed by atoms with Gasteiger partial charge in [-0.3, -0.25) is 0 Å². The highest BCUT2D eigenvalue weighted by atomic mass is 19.4. The minimum absolute atomic E-state index is 0.0194. The van der Waals surface area contributed by atoms with Crippen LogP contribution in [0.5, 0.6) is 5.75 Å². The van der Waals surface area contributed by atoms with E-state index in [1.807, 2.05) is 12.1 Å². The molecule has 0 aliphatic rings. The Hall–Kier alpha value is -1.97. The predicted octanol–water partition coefficient (Wildman–Crippen LogP) is 5.38. The lowest BCUT2D eigenvalue weighted by Crippen LogP contribution is -2.10. The molecule has 0 spiro atoms. The molecule has 0 bridgehead atoms. The molecule has 0 saturated carbocycles. The molecular formula is C17H17F3O. The minimum Gasteiger partial charge on any atom is -0.508 e. The number of alkyl halides is 3. The van der Waals surface area contributed by atoms with Crippen molar-refractivity contribution < 1.29 is 18.3 Å². The van der Waals surface area contributed by atoms with Gasteiger partial charge in [-0.25, -0.2) is 0 Å². The summed E-state index contributed by atoms with van der Waals surface area (Å²) in [5.74, 6) is -0.389. The van der Waals surface area contributed by atoms with Gasteiger partial charge in [-0.1, -0.05) is 45.0 Å². The van der Waals surface area contributed by atoms with Crippen LogP contribution in [0.3, 0.4) is 0 Å². The van der Waals surface area contributed by atoms with E-state index in [0.29, 0.717) is 11.1 Å². The highest BCUT2D eigenvalue weighted by Crippen LogP contribution is 2.35. The smallest absolute Gasteiger partial charge is 0.416 e. The first-order valence-electron chi connectivity index (χ1n) is 6.59. The van der Waals surface area contributed by atoms with E-state index in [4.69, 9.17) is 0 Å². The fourth-order valence-corrected chi connectivity index (χ4v) is 2.10. The average Bonchev–Trinajstić information content (AvgIpc) is 2.36. The molecule has 0 aliphatic carbocycles. The van der Waals surface area contributed by atoms with E-state index in [2.05, 4.69) is 20.8 Å². The van der Waals surface area contributed by atoms with Gasteiger partial charge in [0.05, 0.1) is 5.56 Å². The summed E-state index contributed by atoms with van der Waals surface area (Å²) in [7, 11) is 0. The van der Waals surface area contributed by atoms with E-state index < -0.39 is 11.7 Å². The molecule has 0 heterocycles. The molecule has 0 fully saturated rings. The van der Waals surface area contributed by atoms with E-state index in [0.717, 1.165) is 17.7 Å². The van der Waals surface area contributed by atoms with Crippen molar-refractivity contribution in [3.05, 3.63) is 53.6 Å². The zero-order valence-electron chi connectivity index (χ0n) is 12.1. The number of benzene rings is 2. The van der Waals surface area contributed by atoms with Crippen molar-refractivity contribution in [2.45, 2.75) is 32.4 Å². The van der Waals surface area contributed by atoms with E-state index in [9.17, 15) is 18.3 Å². The molecule has 21 heavy (non-hydrogen) atoms. The van der Waals surface area contributed by atoms with Gasteiger partial charge < -0.3 is 5.11 Å². The van der Waals surface area contributed by atoms with Crippen LogP contribution in [0.15, 0.2) is 42.5 Å². The standard InChI is InChI=1S/C17H17F3O/c1-16(2,3)13-6-4-11(5-7-13)12-8-14(17(18,19)20)10-15(21)9-12/h4-10,21H,1-3H3. The molecule has 2 aromatic carbocycles. The van der Waals surface area contributed by atoms with Crippen molar-refractivity contribution in [3.8, 4) is 16.9 Å². The van der Waals surface area contributed by atoms with E-state index in [-0.39, 0.29) is 11.2 Å². The monoisotopic (exact) mass is 294 g/mol. The van der Waals surface area contributed by atoms with Gasteiger partial charge in [-0.05, 0) is 40.3 Å². The van der Waals surface area contributed by atoms with Gasteiger partial charge in [0.25, 0.3) is 0 Å². The maximum atomic E-state index is 12.8. The van der Waals surface area contributed by atoms with Crippen molar-refractivity contribution in [2.75, 3.05) is 0 Å². The predicted molar refractivity (Wildman–Crippen MR) is 77.2 cm³/mol. The van der Waals surface area contributed by atoms with Gasteiger partial charge >= 0.3 is 6.18 Å². The van der Waals surface area contributed by atoms with Crippen molar-refractivity contribution in [2.24, 2.45) is 0 Å². The molecule has 1 nitrogen and oxygen atoms in total. The van der Waals surface area contributed by atoms with Crippen LogP contribution >= 0.6 is 0 Å². The van der Waals surface area contributed by atoms with Gasteiger partial charge in [0.2, 0.25) is 0 Å². The number of phenolic OH excluding ortho intramolecular Hbond substituents is 1. The maximum absolute atomic E-state index is 12.8. The first-order chi connectivity index (χ1) is 9.57. The zero-order valence-corrected chi connectivity index (χ0v) is 12.1. The number of rotatable bonds is 1. The van der Waals surface area contributed by atoms with Crippen LogP contribution in [-0.2, 0) is 11.6 Å². The summed E-state index contributed by atoms with van der Waals surface area (Å²) < 4.78 is 38.3. The number of aromatic hydroxyl groups is 1. The maximum Gasteiger partial charge on any atom is 0.416 e. The fraction of sp³-hybridized carbons (Fsp3) is 0.294. The third-order valence-electron chi connectivity index (χ3n) is 3.33. The largest absolute Gasteiger partial charge is 0.508 e. The van der Waals surface area contributed by atoms with E-state index in [1.165, 1.54) is 6.07 Å². The van der Waals surface area contributed by atoms with Crippen molar-refractivity contribution in [3.63, 3.8) is 0 Å². The molecule has 0 saturated heterocycles. The summed E-state index contributed by atoms with van der Waals surface area (Å²) in [6, 6.07) is 10.4. The van der Waals surface area contributed by atoms with Crippen LogP contribution in [0.1, 0.15) is 31.9 Å². The third kappa shape index (κ3) is 3.57. The number of phenols is 1. The summed E-state index contributed by atoms with van der Waals surface area (Å²) in [4.78, 5) is 0. The van der Waals surface area contributed by atoms with Crippen LogP contribution in [0.2, 0.25) is 0 Å². The fourth-order valence-electron chi connectivity index (χ4n) is 2.10. The second-order valence-electron chi connectivity index (χ2n) is 6.09. The lowest BCUT2D eigenvalue weighted by molar-refractivity contribution is -0.137. The van der Waals surface area contributed by atoms with Crippen LogP contribution < -0.4 is 0 Å². The molecular weight excluding hydrogens is 277 g/mol. The molecule has 0 radical (unpaired) electrons. The second-order valence-corrected chi connectivity index (χ2v) is 6.09. The van der Waals surface area contributed by atoms with Crippen LogP contribution in [0, 0.1) is 0 Å². The molecule has 2 aromatic rings. The summed E-state index contributed by atoms with van der Waals surface area (Å²) in [6.07, 6.45) is -4.47. The molecule has 0 aromatic heterocycles. The Labute approximate surface area is 122 Å².